The SMILES string of the molecule is CO.CO.Cc1cnc(-c2[c-]cccc2)cc1C.O=S(=O)(O)C(F)(F)F.[2H]C([2H])([2H])c1ccc2c(n1)oc1c(-c3cc(C([2H])([2H])C(C)C)c(C)cn3)[c-]ccc12.[2H]C([2H])([2H])c1ccc2c(n1)oc1c(-c3cc(C([2H])([2H])C(C)C)c(C)cn3)cccc12.[2H]C([2H])([2H])c1cnc(-c2[c-]cccc2)cc1C.[2H]Cc1cnc(-c2[c-]cccc2)cc1C.[Ir].[Ir]. The van der Waals surface area contributed by atoms with Crippen molar-refractivity contribution in [2.45, 2.75) is 115 Å². The van der Waals surface area contributed by atoms with Gasteiger partial charge in [-0.2, -0.15) is 21.6 Å². The molecule has 0 saturated heterocycles. The van der Waals surface area contributed by atoms with Gasteiger partial charge < -0.3 is 39.0 Å². The first-order chi connectivity index (χ1) is 55.3. The minimum atomic E-state index is -5.84. The van der Waals surface area contributed by atoms with Crippen molar-refractivity contribution in [2.75, 3.05) is 14.2 Å². The molecule has 2 radical (unpaired) electrons. The Hall–Kier alpha value is -9.33. The van der Waals surface area contributed by atoms with Crippen molar-refractivity contribution in [2.24, 2.45) is 11.8 Å². The van der Waals surface area contributed by atoms with Gasteiger partial charge in [-0.05, 0) is 186 Å². The monoisotopic (exact) mass is 1820 g/mol. The zero-order valence-corrected chi connectivity index (χ0v) is 65.7. The van der Waals surface area contributed by atoms with Gasteiger partial charge >= 0.3 is 15.6 Å². The van der Waals surface area contributed by atoms with Crippen LogP contribution in [0.15, 0.2) is 198 Å². The van der Waals surface area contributed by atoms with Crippen LogP contribution in [0.3, 0.4) is 0 Å². The molecule has 20 heteroatoms. The predicted molar refractivity (Wildman–Crippen MR) is 412 cm³/mol. The summed E-state index contributed by atoms with van der Waals surface area (Å²) in [6.45, 7) is 12.6. The molecular formula is C86H88F3Ir2N7O7S-4. The number of hydrogen-bond acceptors (Lipinski definition) is 13. The number of nitrogens with zero attached hydrogens (tertiary/aromatic N) is 7. The van der Waals surface area contributed by atoms with Crippen molar-refractivity contribution in [3.8, 4) is 56.3 Å². The number of aromatic nitrogens is 7. The number of alkyl halides is 3. The third-order valence-corrected chi connectivity index (χ3v) is 15.8. The first-order valence-corrected chi connectivity index (χ1v) is 33.8. The molecule has 0 aliphatic carbocycles. The van der Waals surface area contributed by atoms with E-state index in [0.717, 1.165) is 92.0 Å². The molecule has 0 saturated carbocycles. The van der Waals surface area contributed by atoms with Crippen molar-refractivity contribution in [3.63, 3.8) is 0 Å². The Morgan fingerprint density at radius 3 is 1.26 bits per heavy atom. The molecule has 0 fully saturated rings. The van der Waals surface area contributed by atoms with Gasteiger partial charge in [-0.25, -0.2) is 9.97 Å². The molecule has 0 amide bonds. The van der Waals surface area contributed by atoms with E-state index in [0.29, 0.717) is 55.8 Å². The van der Waals surface area contributed by atoms with E-state index in [9.17, 15) is 13.2 Å². The van der Waals surface area contributed by atoms with Crippen molar-refractivity contribution < 1.29 is 105 Å². The molecule has 558 valence electrons. The number of furan rings is 2. The van der Waals surface area contributed by atoms with E-state index in [2.05, 4.69) is 79.1 Å². The fraction of sp³-hybridized carbons (Fsp3) is 0.244. The second kappa shape index (κ2) is 41.0. The average Bonchev–Trinajstić information content (AvgIpc) is 1.52. The Labute approximate surface area is 667 Å². The summed E-state index contributed by atoms with van der Waals surface area (Å²) in [4.78, 5) is 30.3. The summed E-state index contributed by atoms with van der Waals surface area (Å²) < 4.78 is 178. The zero-order valence-electron chi connectivity index (χ0n) is 74.1. The Morgan fingerprint density at radius 2 is 0.858 bits per heavy atom. The van der Waals surface area contributed by atoms with Crippen LogP contribution in [0.2, 0.25) is 0 Å². The smallest absolute Gasteiger partial charge is 0.486 e. The fourth-order valence-corrected chi connectivity index (χ4v) is 9.82. The number of halogens is 3. The van der Waals surface area contributed by atoms with Crippen molar-refractivity contribution in [1.82, 2.24) is 34.9 Å². The van der Waals surface area contributed by atoms with Crippen molar-refractivity contribution >= 4 is 54.3 Å². The number of pyridine rings is 7. The van der Waals surface area contributed by atoms with Gasteiger partial charge in [-0.1, -0.05) is 97.3 Å². The number of fused-ring (bicyclic) bond motifs is 6. The first kappa shape index (κ1) is 67.3. The molecule has 14 aromatic rings. The van der Waals surface area contributed by atoms with Crippen LogP contribution in [0.4, 0.5) is 13.2 Å². The molecule has 9 aromatic heterocycles. The summed E-state index contributed by atoms with van der Waals surface area (Å²) in [6, 6.07) is 60.7. The maximum absolute atomic E-state index is 10.7. The number of benzene rings is 5. The van der Waals surface area contributed by atoms with E-state index in [4.69, 9.17) is 51.2 Å². The van der Waals surface area contributed by atoms with Gasteiger partial charge in [0.2, 0.25) is 11.4 Å². The third-order valence-electron chi connectivity index (χ3n) is 15.2. The number of aliphatic hydroxyl groups is 2. The summed E-state index contributed by atoms with van der Waals surface area (Å²) >= 11 is 0. The summed E-state index contributed by atoms with van der Waals surface area (Å²) in [5.41, 5.74) is 12.3. The average molecular weight is 1820 g/mol. The van der Waals surface area contributed by atoms with Crippen molar-refractivity contribution in [1.29, 1.82) is 0 Å². The molecule has 5 aromatic carbocycles. The second-order valence-corrected chi connectivity index (χ2v) is 25.1. The first-order valence-electron chi connectivity index (χ1n) is 39.5. The number of hydrogen-bond donors (Lipinski definition) is 3. The van der Waals surface area contributed by atoms with E-state index in [1.54, 1.807) is 61.9 Å². The standard InChI is InChI=1S/C22H22N2O.C22H21N2O.3C13H12N.CHF3O3S.2CH4O.2Ir/c2*1-13(2)10-16-11-20(23-12-14(16)3)19-7-5-6-17-18-9-8-15(4)24-22(18)25-21(17)19;3*1-10-8-13(14-9-11(10)2)12-6-4-3-5-7-12;2-1(3,4)8(5,6)7;2*1-2;;/h5-9,11-13H,10H2,1-4H3;5-6,8-9,11-13H,10H2,1-4H3;3*3-6,8-9H,1-2H3;(H,5,6,7);2*2H,1H3;;/q;4*-1;;;;;/i2*4D3,10D2;2D3;2D;;;;;;. The summed E-state index contributed by atoms with van der Waals surface area (Å²) in [6.07, 6.45) is 5.43. The van der Waals surface area contributed by atoms with Crippen LogP contribution in [0.25, 0.3) is 100 Å². The summed E-state index contributed by atoms with van der Waals surface area (Å²) in [5, 5.41) is 17.0. The van der Waals surface area contributed by atoms with E-state index >= 15 is 0 Å². The van der Waals surface area contributed by atoms with Crippen LogP contribution in [0, 0.1) is 105 Å². The van der Waals surface area contributed by atoms with Gasteiger partial charge in [0.05, 0.1) is 11.3 Å². The number of para-hydroxylation sites is 1. The fourth-order valence-electron chi connectivity index (χ4n) is 9.82. The van der Waals surface area contributed by atoms with E-state index in [-0.39, 0.29) is 81.8 Å². The largest absolute Gasteiger partial charge is 0.522 e. The van der Waals surface area contributed by atoms with Crippen molar-refractivity contribution in [3.05, 3.63) is 280 Å². The Kier molecular flexibility index (Phi) is 26.0. The summed E-state index contributed by atoms with van der Waals surface area (Å²) in [7, 11) is -3.84. The number of aryl methyl sites for hydroxylation is 10. The molecule has 3 N–H and O–H groups in total. The van der Waals surface area contributed by atoms with Gasteiger partial charge in [-0.3, -0.25) is 9.54 Å². The van der Waals surface area contributed by atoms with Crippen LogP contribution < -0.4 is 0 Å². The van der Waals surface area contributed by atoms with Gasteiger partial charge in [0.1, 0.15) is 5.58 Å². The van der Waals surface area contributed by atoms with Gasteiger partial charge in [0.25, 0.3) is 0 Å². The normalized spacial score (nSPS) is 13.3. The molecule has 0 bridgehead atoms. The Balaban J connectivity index is 0.000000265. The molecule has 0 aliphatic rings. The maximum atomic E-state index is 10.7. The van der Waals surface area contributed by atoms with Gasteiger partial charge in [-0.15, -0.1) is 126 Å². The topological polar surface area (TPSA) is 211 Å². The minimum Gasteiger partial charge on any atom is -0.486 e. The molecule has 106 heavy (non-hydrogen) atoms. The van der Waals surface area contributed by atoms with Crippen LogP contribution >= 0.6 is 0 Å². The molecule has 14 rings (SSSR count). The zero-order chi connectivity index (χ0) is 87.8. The second-order valence-electron chi connectivity index (χ2n) is 23.7. The molecule has 9 heterocycles. The van der Waals surface area contributed by atoms with Gasteiger partial charge in [0, 0.05) is 138 Å². The van der Waals surface area contributed by atoms with Gasteiger partial charge in [0.15, 0.2) is 0 Å². The van der Waals surface area contributed by atoms with E-state index in [1.165, 1.54) is 29.5 Å². The summed E-state index contributed by atoms with van der Waals surface area (Å²) in [5.74, 6) is -0.407. The van der Waals surface area contributed by atoms with Crippen LogP contribution in [0.1, 0.15) is 114 Å². The molecule has 0 unspecified atom stereocenters. The van der Waals surface area contributed by atoms with Crippen LogP contribution in [-0.4, -0.2) is 77.8 Å². The number of rotatable bonds is 9. The number of aliphatic hydroxyl groups excluding tert-OH is 2. The third kappa shape index (κ3) is 23.8. The molecule has 0 atom stereocenters. The molecular weight excluding hydrogens is 1720 g/mol. The Morgan fingerprint density at radius 1 is 0.453 bits per heavy atom. The molecule has 0 aliphatic heterocycles. The minimum absolute atomic E-state index is 0. The van der Waals surface area contributed by atoms with Crippen LogP contribution in [-0.2, 0) is 63.1 Å². The Bertz CT molecular complexity index is 5660. The van der Waals surface area contributed by atoms with E-state index in [1.807, 2.05) is 158 Å². The predicted octanol–water partition coefficient (Wildman–Crippen LogP) is 20.6. The quantitative estimate of drug-likeness (QED) is 0.0697. The molecule has 14 nitrogen and oxygen atoms in total. The molecule has 0 spiro atoms. The maximum Gasteiger partial charge on any atom is 0.522 e. The van der Waals surface area contributed by atoms with E-state index < -0.39 is 48.9 Å². The van der Waals surface area contributed by atoms with Crippen LogP contribution in [0.5, 0.6) is 0 Å².